The van der Waals surface area contributed by atoms with E-state index in [1.165, 1.54) is 0 Å². The molecule has 0 spiro atoms. The van der Waals surface area contributed by atoms with Crippen LogP contribution in [0.5, 0.6) is 11.5 Å². The number of halogens is 1. The number of aromatic nitrogens is 2. The number of rotatable bonds is 7. The zero-order chi connectivity index (χ0) is 22.5. The van der Waals surface area contributed by atoms with E-state index >= 15 is 0 Å². The molecule has 162 valence electrons. The Morgan fingerprint density at radius 3 is 2.50 bits per heavy atom. The fourth-order valence-electron chi connectivity index (χ4n) is 3.23. The van der Waals surface area contributed by atoms with Gasteiger partial charge in [0.1, 0.15) is 11.5 Å². The normalized spacial score (nSPS) is 10.6. The van der Waals surface area contributed by atoms with Gasteiger partial charge in [-0.1, -0.05) is 35.0 Å². The van der Waals surface area contributed by atoms with Crippen LogP contribution in [0.2, 0.25) is 5.02 Å². The second-order valence-corrected chi connectivity index (χ2v) is 7.32. The first-order valence-electron chi connectivity index (χ1n) is 9.77. The molecule has 0 saturated carbocycles. The Balaban J connectivity index is 1.47. The van der Waals surface area contributed by atoms with Crippen molar-refractivity contribution >= 4 is 23.2 Å². The zero-order valence-corrected chi connectivity index (χ0v) is 18.2. The second kappa shape index (κ2) is 9.53. The lowest BCUT2D eigenvalue weighted by molar-refractivity contribution is -0.115. The molecular formula is C24H20ClN3O4. The number of nitrogens with zero attached hydrogens (tertiary/aromatic N) is 2. The third-order valence-electron chi connectivity index (χ3n) is 4.79. The highest BCUT2D eigenvalue weighted by Gasteiger charge is 2.16. The van der Waals surface area contributed by atoms with Crippen molar-refractivity contribution in [2.24, 2.45) is 0 Å². The fourth-order valence-corrected chi connectivity index (χ4v) is 3.40. The molecule has 0 atom stereocenters. The standard InChI is InChI=1S/C24H20ClN3O4/c1-30-20-6-4-3-5-16(20)13-22(29)26-18-10-7-15(8-11-18)23-27-24(32-28-23)19-14-17(25)9-12-21(19)31-2/h3-12,14H,13H2,1-2H3,(H,26,29). The highest BCUT2D eigenvalue weighted by molar-refractivity contribution is 6.30. The number of anilines is 1. The smallest absolute Gasteiger partial charge is 0.262 e. The number of hydrogen-bond donors (Lipinski definition) is 1. The molecule has 1 aromatic heterocycles. The van der Waals surface area contributed by atoms with Gasteiger partial charge in [0.15, 0.2) is 0 Å². The van der Waals surface area contributed by atoms with E-state index in [1.54, 1.807) is 44.6 Å². The minimum absolute atomic E-state index is 0.142. The molecule has 4 aromatic rings. The van der Waals surface area contributed by atoms with Crippen LogP contribution in [-0.4, -0.2) is 30.3 Å². The molecule has 7 nitrogen and oxygen atoms in total. The monoisotopic (exact) mass is 449 g/mol. The third-order valence-corrected chi connectivity index (χ3v) is 5.02. The summed E-state index contributed by atoms with van der Waals surface area (Å²) in [4.78, 5) is 16.9. The van der Waals surface area contributed by atoms with E-state index in [2.05, 4.69) is 15.5 Å². The van der Waals surface area contributed by atoms with Gasteiger partial charge in [-0.2, -0.15) is 4.98 Å². The van der Waals surface area contributed by atoms with Gasteiger partial charge in [-0.15, -0.1) is 0 Å². The Labute approximate surface area is 189 Å². The lowest BCUT2D eigenvalue weighted by Gasteiger charge is -2.09. The fraction of sp³-hybridized carbons (Fsp3) is 0.125. The number of benzene rings is 3. The quantitative estimate of drug-likeness (QED) is 0.414. The average molecular weight is 450 g/mol. The van der Waals surface area contributed by atoms with Gasteiger partial charge in [0.25, 0.3) is 5.89 Å². The van der Waals surface area contributed by atoms with Gasteiger partial charge in [-0.25, -0.2) is 0 Å². The summed E-state index contributed by atoms with van der Waals surface area (Å²) in [5, 5.41) is 7.47. The molecule has 0 unspecified atom stereocenters. The molecule has 1 heterocycles. The Bertz CT molecular complexity index is 1240. The number of methoxy groups -OCH3 is 2. The maximum absolute atomic E-state index is 12.4. The average Bonchev–Trinajstić information content (AvgIpc) is 3.30. The molecule has 32 heavy (non-hydrogen) atoms. The summed E-state index contributed by atoms with van der Waals surface area (Å²) in [6, 6.07) is 19.8. The van der Waals surface area contributed by atoms with E-state index in [-0.39, 0.29) is 12.3 Å². The maximum atomic E-state index is 12.4. The van der Waals surface area contributed by atoms with Crippen LogP contribution in [0.25, 0.3) is 22.8 Å². The van der Waals surface area contributed by atoms with Crippen molar-refractivity contribution in [1.82, 2.24) is 10.1 Å². The van der Waals surface area contributed by atoms with Crippen LogP contribution in [0.4, 0.5) is 5.69 Å². The summed E-state index contributed by atoms with van der Waals surface area (Å²) < 4.78 is 16.0. The van der Waals surface area contributed by atoms with E-state index in [0.29, 0.717) is 39.5 Å². The van der Waals surface area contributed by atoms with Crippen LogP contribution in [0.3, 0.4) is 0 Å². The number of ether oxygens (including phenoxy) is 2. The summed E-state index contributed by atoms with van der Waals surface area (Å²) in [5.41, 5.74) is 2.83. The zero-order valence-electron chi connectivity index (χ0n) is 17.5. The molecule has 0 saturated heterocycles. The van der Waals surface area contributed by atoms with E-state index in [4.69, 9.17) is 25.6 Å². The predicted octanol–water partition coefficient (Wildman–Crippen LogP) is 5.26. The van der Waals surface area contributed by atoms with Crippen molar-refractivity contribution in [3.63, 3.8) is 0 Å². The van der Waals surface area contributed by atoms with Crippen LogP contribution in [0.15, 0.2) is 71.3 Å². The van der Waals surface area contributed by atoms with Gasteiger partial charge >= 0.3 is 0 Å². The first-order chi connectivity index (χ1) is 15.6. The predicted molar refractivity (Wildman–Crippen MR) is 122 cm³/mol. The molecule has 1 amide bonds. The minimum atomic E-state index is -0.142. The van der Waals surface area contributed by atoms with E-state index in [1.807, 2.05) is 36.4 Å². The lowest BCUT2D eigenvalue weighted by Crippen LogP contribution is -2.14. The van der Waals surface area contributed by atoms with Crippen LogP contribution in [0.1, 0.15) is 5.56 Å². The number of para-hydroxylation sites is 1. The molecule has 0 fully saturated rings. The first kappa shape index (κ1) is 21.4. The highest BCUT2D eigenvalue weighted by Crippen LogP contribution is 2.32. The first-order valence-corrected chi connectivity index (χ1v) is 10.1. The number of carbonyl (C=O) groups excluding carboxylic acids is 1. The Hall–Kier alpha value is -3.84. The largest absolute Gasteiger partial charge is 0.496 e. The molecule has 1 N–H and O–H groups in total. The van der Waals surface area contributed by atoms with Gasteiger partial charge in [0.2, 0.25) is 11.7 Å². The van der Waals surface area contributed by atoms with Crippen LogP contribution >= 0.6 is 11.6 Å². The summed E-state index contributed by atoms with van der Waals surface area (Å²) in [5.74, 6) is 1.83. The van der Waals surface area contributed by atoms with Crippen molar-refractivity contribution in [2.45, 2.75) is 6.42 Å². The van der Waals surface area contributed by atoms with Crippen molar-refractivity contribution in [2.75, 3.05) is 19.5 Å². The molecule has 0 aliphatic heterocycles. The van der Waals surface area contributed by atoms with E-state index in [9.17, 15) is 4.79 Å². The van der Waals surface area contributed by atoms with Gasteiger partial charge in [-0.3, -0.25) is 4.79 Å². The molecule has 4 rings (SSSR count). The number of nitrogens with one attached hydrogen (secondary N) is 1. The lowest BCUT2D eigenvalue weighted by atomic mass is 10.1. The van der Waals surface area contributed by atoms with Crippen LogP contribution < -0.4 is 14.8 Å². The van der Waals surface area contributed by atoms with Gasteiger partial charge in [0.05, 0.1) is 26.2 Å². The SMILES string of the molecule is COc1ccccc1CC(=O)Nc1ccc(-c2noc(-c3cc(Cl)ccc3OC)n2)cc1. The van der Waals surface area contributed by atoms with Crippen molar-refractivity contribution in [3.8, 4) is 34.3 Å². The van der Waals surface area contributed by atoms with E-state index in [0.717, 1.165) is 11.1 Å². The molecule has 0 bridgehead atoms. The Morgan fingerprint density at radius 1 is 1.00 bits per heavy atom. The van der Waals surface area contributed by atoms with E-state index < -0.39 is 0 Å². The summed E-state index contributed by atoms with van der Waals surface area (Å²) in [7, 11) is 3.15. The third kappa shape index (κ3) is 4.73. The summed E-state index contributed by atoms with van der Waals surface area (Å²) in [6.07, 6.45) is 0.210. The molecule has 0 radical (unpaired) electrons. The highest BCUT2D eigenvalue weighted by atomic mass is 35.5. The summed E-state index contributed by atoms with van der Waals surface area (Å²) in [6.45, 7) is 0. The number of hydrogen-bond acceptors (Lipinski definition) is 6. The van der Waals surface area contributed by atoms with Crippen molar-refractivity contribution in [3.05, 3.63) is 77.3 Å². The van der Waals surface area contributed by atoms with Crippen LogP contribution in [-0.2, 0) is 11.2 Å². The Kier molecular flexibility index (Phi) is 6.37. The maximum Gasteiger partial charge on any atom is 0.262 e. The molecule has 0 aliphatic rings. The topological polar surface area (TPSA) is 86.5 Å². The molecule has 3 aromatic carbocycles. The molecule has 0 aliphatic carbocycles. The van der Waals surface area contributed by atoms with Crippen molar-refractivity contribution < 1.29 is 18.8 Å². The van der Waals surface area contributed by atoms with Crippen molar-refractivity contribution in [1.29, 1.82) is 0 Å². The molecule has 8 heteroatoms. The van der Waals surface area contributed by atoms with Gasteiger partial charge < -0.3 is 19.3 Å². The number of amides is 1. The number of carbonyl (C=O) groups is 1. The Morgan fingerprint density at radius 2 is 1.75 bits per heavy atom. The molecular weight excluding hydrogens is 430 g/mol. The second-order valence-electron chi connectivity index (χ2n) is 6.88. The van der Waals surface area contributed by atoms with Gasteiger partial charge in [0, 0.05) is 21.8 Å². The summed E-state index contributed by atoms with van der Waals surface area (Å²) >= 11 is 6.09. The van der Waals surface area contributed by atoms with Crippen LogP contribution in [0, 0.1) is 0 Å². The van der Waals surface area contributed by atoms with Gasteiger partial charge in [-0.05, 0) is 48.5 Å². The minimum Gasteiger partial charge on any atom is -0.496 e.